The van der Waals surface area contributed by atoms with E-state index in [1.807, 2.05) is 30.5 Å². The van der Waals surface area contributed by atoms with Crippen LogP contribution in [0, 0.1) is 11.8 Å². The fraction of sp³-hybridized carbons (Fsp3) is 0.500. The molecule has 0 amide bonds. The van der Waals surface area contributed by atoms with Crippen LogP contribution in [0.2, 0.25) is 0 Å². The molecule has 0 unspecified atom stereocenters. The van der Waals surface area contributed by atoms with E-state index in [0.29, 0.717) is 5.92 Å². The van der Waals surface area contributed by atoms with Crippen LogP contribution in [-0.4, -0.2) is 30.9 Å². The molecule has 1 N–H and O–H groups in total. The Morgan fingerprint density at radius 2 is 2.15 bits per heavy atom. The summed E-state index contributed by atoms with van der Waals surface area (Å²) in [5, 5.41) is 8.96. The Morgan fingerprint density at radius 3 is 2.80 bits per heavy atom. The summed E-state index contributed by atoms with van der Waals surface area (Å²) in [4.78, 5) is 15.4. The van der Waals surface area contributed by atoms with Gasteiger partial charge in [0.05, 0.1) is 13.0 Å². The molecule has 1 aliphatic rings. The molecule has 4 nitrogen and oxygen atoms in total. The fourth-order valence-electron chi connectivity index (χ4n) is 2.62. The fourth-order valence-corrected chi connectivity index (χ4v) is 2.62. The maximum atomic E-state index is 10.9. The van der Waals surface area contributed by atoms with Crippen molar-refractivity contribution in [2.45, 2.75) is 25.7 Å². The van der Waals surface area contributed by atoms with Gasteiger partial charge in [-0.15, -0.1) is 0 Å². The van der Waals surface area contributed by atoms with Crippen molar-refractivity contribution < 1.29 is 14.6 Å². The molecule has 20 heavy (non-hydrogen) atoms. The van der Waals surface area contributed by atoms with Gasteiger partial charge < -0.3 is 9.84 Å². The van der Waals surface area contributed by atoms with Gasteiger partial charge in [-0.05, 0) is 49.3 Å². The summed E-state index contributed by atoms with van der Waals surface area (Å²) in [7, 11) is 1.65. The van der Waals surface area contributed by atoms with Crippen molar-refractivity contribution in [1.82, 2.24) is 0 Å². The van der Waals surface area contributed by atoms with Crippen LogP contribution in [0.3, 0.4) is 0 Å². The standard InChI is InChI=1S/C16H21NO3/c1-20-15-4-2-3-13(9-15)11-17-10-12-5-7-14(8-6-12)16(18)19/h2-4,9,11-12,14H,5-8,10H2,1H3,(H,18,19). The Morgan fingerprint density at radius 1 is 1.40 bits per heavy atom. The highest BCUT2D eigenvalue weighted by Crippen LogP contribution is 2.29. The molecule has 0 aromatic heterocycles. The molecule has 0 bridgehead atoms. The number of rotatable bonds is 5. The van der Waals surface area contributed by atoms with E-state index in [4.69, 9.17) is 9.84 Å². The molecule has 0 saturated heterocycles. The van der Waals surface area contributed by atoms with Gasteiger partial charge in [0.1, 0.15) is 5.75 Å². The predicted molar refractivity (Wildman–Crippen MR) is 78.5 cm³/mol. The molecular weight excluding hydrogens is 254 g/mol. The lowest BCUT2D eigenvalue weighted by Crippen LogP contribution is -2.22. The van der Waals surface area contributed by atoms with Gasteiger partial charge in [-0.25, -0.2) is 0 Å². The first-order chi connectivity index (χ1) is 9.69. The number of hydrogen-bond acceptors (Lipinski definition) is 3. The molecule has 1 saturated carbocycles. The Balaban J connectivity index is 1.80. The molecule has 4 heteroatoms. The molecule has 0 atom stereocenters. The number of hydrogen-bond donors (Lipinski definition) is 1. The van der Waals surface area contributed by atoms with E-state index < -0.39 is 5.97 Å². The second-order valence-electron chi connectivity index (χ2n) is 5.33. The first-order valence-corrected chi connectivity index (χ1v) is 7.05. The van der Waals surface area contributed by atoms with E-state index >= 15 is 0 Å². The lowest BCUT2D eigenvalue weighted by Gasteiger charge is -2.24. The number of carbonyl (C=O) groups is 1. The van der Waals surface area contributed by atoms with Crippen LogP contribution in [0.1, 0.15) is 31.2 Å². The number of nitrogens with zero attached hydrogens (tertiary/aromatic N) is 1. The minimum absolute atomic E-state index is 0.145. The van der Waals surface area contributed by atoms with Gasteiger partial charge in [-0.1, -0.05) is 12.1 Å². The zero-order valence-electron chi connectivity index (χ0n) is 11.8. The van der Waals surface area contributed by atoms with Crippen molar-refractivity contribution in [3.63, 3.8) is 0 Å². The number of carboxylic acids is 1. The minimum Gasteiger partial charge on any atom is -0.497 e. The van der Waals surface area contributed by atoms with Crippen LogP contribution in [0.4, 0.5) is 0 Å². The topological polar surface area (TPSA) is 58.9 Å². The van der Waals surface area contributed by atoms with Crippen LogP contribution in [0.25, 0.3) is 0 Å². The summed E-state index contributed by atoms with van der Waals surface area (Å²) in [5.41, 5.74) is 1.03. The quantitative estimate of drug-likeness (QED) is 0.840. The monoisotopic (exact) mass is 275 g/mol. The van der Waals surface area contributed by atoms with E-state index in [1.165, 1.54) is 0 Å². The first-order valence-electron chi connectivity index (χ1n) is 7.05. The largest absolute Gasteiger partial charge is 0.497 e. The van der Waals surface area contributed by atoms with Crippen molar-refractivity contribution in [1.29, 1.82) is 0 Å². The summed E-state index contributed by atoms with van der Waals surface area (Å²) in [5.74, 6) is 0.556. The highest BCUT2D eigenvalue weighted by molar-refractivity contribution is 5.80. The molecule has 0 aliphatic heterocycles. The van der Waals surface area contributed by atoms with Crippen molar-refractivity contribution in [2.24, 2.45) is 16.8 Å². The number of benzene rings is 1. The van der Waals surface area contributed by atoms with Crippen molar-refractivity contribution in [3.8, 4) is 5.75 Å². The lowest BCUT2D eigenvalue weighted by atomic mass is 9.82. The molecule has 1 aliphatic carbocycles. The van der Waals surface area contributed by atoms with Crippen molar-refractivity contribution in [3.05, 3.63) is 29.8 Å². The smallest absolute Gasteiger partial charge is 0.306 e. The van der Waals surface area contributed by atoms with Gasteiger partial charge in [-0.3, -0.25) is 9.79 Å². The van der Waals surface area contributed by atoms with Gasteiger partial charge in [0, 0.05) is 12.8 Å². The molecule has 0 spiro atoms. The number of methoxy groups -OCH3 is 1. The third-order valence-corrected chi connectivity index (χ3v) is 3.89. The number of ether oxygens (including phenoxy) is 1. The normalized spacial score (nSPS) is 22.9. The zero-order valence-corrected chi connectivity index (χ0v) is 11.8. The summed E-state index contributed by atoms with van der Waals surface area (Å²) in [6, 6.07) is 7.79. The summed E-state index contributed by atoms with van der Waals surface area (Å²) in [6.45, 7) is 0.781. The first kappa shape index (κ1) is 14.6. The summed E-state index contributed by atoms with van der Waals surface area (Å²) in [6.07, 6.45) is 5.37. The Bertz CT molecular complexity index is 476. The molecule has 0 heterocycles. The highest BCUT2D eigenvalue weighted by atomic mass is 16.5. The molecule has 1 fully saturated rings. The number of aliphatic carboxylic acids is 1. The maximum absolute atomic E-state index is 10.9. The number of carboxylic acid groups (broad SMARTS) is 1. The minimum atomic E-state index is -0.650. The van der Waals surface area contributed by atoms with Crippen LogP contribution in [0.15, 0.2) is 29.3 Å². The van der Waals surface area contributed by atoms with E-state index in [1.54, 1.807) is 7.11 Å². The van der Waals surface area contributed by atoms with E-state index in [-0.39, 0.29) is 5.92 Å². The second kappa shape index (κ2) is 7.08. The van der Waals surface area contributed by atoms with Gasteiger partial charge >= 0.3 is 5.97 Å². The summed E-state index contributed by atoms with van der Waals surface area (Å²) >= 11 is 0. The molecule has 2 rings (SSSR count). The Kier molecular flexibility index (Phi) is 5.16. The van der Waals surface area contributed by atoms with E-state index in [2.05, 4.69) is 4.99 Å². The summed E-state index contributed by atoms with van der Waals surface area (Å²) < 4.78 is 5.17. The third-order valence-electron chi connectivity index (χ3n) is 3.89. The van der Waals surface area contributed by atoms with Crippen LogP contribution in [-0.2, 0) is 4.79 Å². The third kappa shape index (κ3) is 4.08. The van der Waals surface area contributed by atoms with Crippen molar-refractivity contribution >= 4 is 12.2 Å². The van der Waals surface area contributed by atoms with Gasteiger partial charge in [0.25, 0.3) is 0 Å². The van der Waals surface area contributed by atoms with Gasteiger partial charge in [0.2, 0.25) is 0 Å². The van der Waals surface area contributed by atoms with E-state index in [9.17, 15) is 4.79 Å². The van der Waals surface area contributed by atoms with Crippen LogP contribution in [0.5, 0.6) is 5.75 Å². The average Bonchev–Trinajstić information content (AvgIpc) is 2.48. The molecule has 108 valence electrons. The predicted octanol–water partition coefficient (Wildman–Crippen LogP) is 3.01. The van der Waals surface area contributed by atoms with Crippen molar-refractivity contribution in [2.75, 3.05) is 13.7 Å². The Hall–Kier alpha value is -1.84. The molecule has 1 aromatic carbocycles. The Labute approximate surface area is 119 Å². The van der Waals surface area contributed by atoms with Crippen LogP contribution < -0.4 is 4.74 Å². The number of aliphatic imine (C=N–C) groups is 1. The second-order valence-corrected chi connectivity index (χ2v) is 5.33. The highest BCUT2D eigenvalue weighted by Gasteiger charge is 2.25. The SMILES string of the molecule is COc1cccc(C=NCC2CCC(C(=O)O)CC2)c1. The lowest BCUT2D eigenvalue weighted by molar-refractivity contribution is -0.143. The maximum Gasteiger partial charge on any atom is 0.306 e. The molecule has 0 radical (unpaired) electrons. The van der Waals surface area contributed by atoms with E-state index in [0.717, 1.165) is 43.5 Å². The molecular formula is C16H21NO3. The molecule has 1 aromatic rings. The zero-order chi connectivity index (χ0) is 14.4. The van der Waals surface area contributed by atoms with Gasteiger partial charge in [0.15, 0.2) is 0 Å². The average molecular weight is 275 g/mol. The van der Waals surface area contributed by atoms with Crippen LogP contribution >= 0.6 is 0 Å². The van der Waals surface area contributed by atoms with Gasteiger partial charge in [-0.2, -0.15) is 0 Å².